The van der Waals surface area contributed by atoms with Gasteiger partial charge in [0, 0.05) is 31.7 Å². The van der Waals surface area contributed by atoms with E-state index in [1.165, 1.54) is 11.8 Å². The summed E-state index contributed by atoms with van der Waals surface area (Å²) in [6, 6.07) is 2.13. The summed E-state index contributed by atoms with van der Waals surface area (Å²) in [6.45, 7) is 13.1. The summed E-state index contributed by atoms with van der Waals surface area (Å²) in [7, 11) is 0. The standard InChI is InChI=1S/C25H34N4O2S2/c1-6-7-10-28-22(27-11-8-17(4)9-12-27)19(18(5)20(14-26)23(28)30)13-21-24(31)29(15-16(2)3)25(32)33-21/h13,16-17H,6-12,15H2,1-5H3/b21-13+. The van der Waals surface area contributed by atoms with E-state index in [1.807, 2.05) is 13.0 Å². The molecule has 0 N–H and O–H groups in total. The molecular weight excluding hydrogens is 452 g/mol. The van der Waals surface area contributed by atoms with Gasteiger partial charge in [-0.3, -0.25) is 19.1 Å². The molecule has 0 aromatic carbocycles. The molecule has 0 aliphatic carbocycles. The molecular formula is C25H34N4O2S2. The number of hydrogen-bond acceptors (Lipinski definition) is 6. The second kappa shape index (κ2) is 10.9. The molecule has 2 aliphatic heterocycles. The molecule has 2 fully saturated rings. The highest BCUT2D eigenvalue weighted by atomic mass is 32.2. The fourth-order valence-electron chi connectivity index (χ4n) is 4.38. The number of hydrogen-bond donors (Lipinski definition) is 0. The summed E-state index contributed by atoms with van der Waals surface area (Å²) < 4.78 is 2.33. The third-order valence-corrected chi connectivity index (χ3v) is 7.74. The van der Waals surface area contributed by atoms with Gasteiger partial charge in [-0.15, -0.1) is 0 Å². The molecule has 2 saturated heterocycles. The Bertz CT molecular complexity index is 1060. The molecule has 3 rings (SSSR count). The van der Waals surface area contributed by atoms with E-state index in [0.29, 0.717) is 39.7 Å². The Hall–Kier alpha value is -2.11. The number of pyridine rings is 1. The Morgan fingerprint density at radius 1 is 1.27 bits per heavy atom. The average molecular weight is 487 g/mol. The molecule has 8 heteroatoms. The topological polar surface area (TPSA) is 69.3 Å². The fourth-order valence-corrected chi connectivity index (χ4v) is 5.64. The third kappa shape index (κ3) is 5.36. The van der Waals surface area contributed by atoms with Crippen molar-refractivity contribution in [2.75, 3.05) is 24.5 Å². The highest BCUT2D eigenvalue weighted by Gasteiger charge is 2.33. The van der Waals surface area contributed by atoms with Gasteiger partial charge in [0.25, 0.3) is 11.5 Å². The first kappa shape index (κ1) is 25.5. The molecule has 0 radical (unpaired) electrons. The minimum atomic E-state index is -0.235. The number of thioether (sulfide) groups is 1. The van der Waals surface area contributed by atoms with Gasteiger partial charge in [-0.05, 0) is 49.7 Å². The fraction of sp³-hybridized carbons (Fsp3) is 0.600. The van der Waals surface area contributed by atoms with Crippen LogP contribution in [0.5, 0.6) is 0 Å². The van der Waals surface area contributed by atoms with Crippen LogP contribution in [0, 0.1) is 30.1 Å². The van der Waals surface area contributed by atoms with E-state index < -0.39 is 0 Å². The van der Waals surface area contributed by atoms with Crippen LogP contribution in [0.3, 0.4) is 0 Å². The van der Waals surface area contributed by atoms with Gasteiger partial charge >= 0.3 is 0 Å². The second-order valence-electron chi connectivity index (χ2n) is 9.52. The summed E-state index contributed by atoms with van der Waals surface area (Å²) in [5.74, 6) is 1.69. The zero-order valence-corrected chi connectivity index (χ0v) is 21.9. The molecule has 1 amide bonds. The Balaban J connectivity index is 2.20. The van der Waals surface area contributed by atoms with Crippen LogP contribution in [-0.4, -0.2) is 39.3 Å². The summed E-state index contributed by atoms with van der Waals surface area (Å²) in [6.07, 6.45) is 5.77. The first-order valence-corrected chi connectivity index (χ1v) is 13.1. The van der Waals surface area contributed by atoms with Crippen molar-refractivity contribution in [1.29, 1.82) is 5.26 Å². The van der Waals surface area contributed by atoms with Crippen molar-refractivity contribution in [3.05, 3.63) is 31.9 Å². The van der Waals surface area contributed by atoms with Crippen LogP contribution in [0.15, 0.2) is 9.70 Å². The summed E-state index contributed by atoms with van der Waals surface area (Å²) in [4.78, 5) is 31.0. The predicted octanol–water partition coefficient (Wildman–Crippen LogP) is 4.92. The lowest BCUT2D eigenvalue weighted by Crippen LogP contribution is -2.39. The van der Waals surface area contributed by atoms with Crippen molar-refractivity contribution in [2.45, 2.75) is 66.8 Å². The Morgan fingerprint density at radius 3 is 2.52 bits per heavy atom. The van der Waals surface area contributed by atoms with Gasteiger partial charge in [-0.25, -0.2) is 0 Å². The number of rotatable bonds is 7. The van der Waals surface area contributed by atoms with Gasteiger partial charge in [0.15, 0.2) is 0 Å². The smallest absolute Gasteiger partial charge is 0.270 e. The largest absolute Gasteiger partial charge is 0.357 e. The maximum atomic E-state index is 13.3. The van der Waals surface area contributed by atoms with Crippen LogP contribution in [0.2, 0.25) is 0 Å². The lowest BCUT2D eigenvalue weighted by atomic mass is 9.97. The maximum absolute atomic E-state index is 13.3. The van der Waals surface area contributed by atoms with Gasteiger partial charge in [-0.2, -0.15) is 5.26 Å². The first-order chi connectivity index (χ1) is 15.7. The van der Waals surface area contributed by atoms with Gasteiger partial charge in [-0.1, -0.05) is 58.1 Å². The highest BCUT2D eigenvalue weighted by Crippen LogP contribution is 2.37. The van der Waals surface area contributed by atoms with Crippen molar-refractivity contribution < 1.29 is 4.79 Å². The average Bonchev–Trinajstić information content (AvgIpc) is 3.03. The summed E-state index contributed by atoms with van der Waals surface area (Å²) in [5, 5.41) is 9.81. The lowest BCUT2D eigenvalue weighted by molar-refractivity contribution is -0.122. The van der Waals surface area contributed by atoms with E-state index in [9.17, 15) is 14.9 Å². The molecule has 0 unspecified atom stereocenters. The maximum Gasteiger partial charge on any atom is 0.270 e. The van der Waals surface area contributed by atoms with Gasteiger partial charge in [0.1, 0.15) is 21.8 Å². The molecule has 33 heavy (non-hydrogen) atoms. The molecule has 3 heterocycles. The van der Waals surface area contributed by atoms with Crippen LogP contribution < -0.4 is 10.5 Å². The molecule has 0 atom stereocenters. The number of unbranched alkanes of at least 4 members (excludes halogenated alkanes) is 1. The number of thiocarbonyl (C=S) groups is 1. The number of nitrogens with zero attached hydrogens (tertiary/aromatic N) is 4. The molecule has 178 valence electrons. The van der Waals surface area contributed by atoms with E-state index in [1.54, 1.807) is 9.47 Å². The molecule has 0 saturated carbocycles. The molecule has 6 nitrogen and oxygen atoms in total. The van der Waals surface area contributed by atoms with E-state index in [-0.39, 0.29) is 17.0 Å². The van der Waals surface area contributed by atoms with Crippen molar-refractivity contribution in [3.8, 4) is 6.07 Å². The number of amides is 1. The molecule has 1 aromatic heterocycles. The van der Waals surface area contributed by atoms with Crippen LogP contribution in [0.4, 0.5) is 5.82 Å². The monoisotopic (exact) mass is 486 g/mol. The van der Waals surface area contributed by atoms with Crippen LogP contribution in [0.25, 0.3) is 6.08 Å². The molecule has 2 aliphatic rings. The highest BCUT2D eigenvalue weighted by molar-refractivity contribution is 8.26. The quantitative estimate of drug-likeness (QED) is 0.402. The predicted molar refractivity (Wildman–Crippen MR) is 140 cm³/mol. The van der Waals surface area contributed by atoms with Gasteiger partial charge in [0.05, 0.1) is 4.91 Å². The van der Waals surface area contributed by atoms with Crippen molar-refractivity contribution in [3.63, 3.8) is 0 Å². The summed E-state index contributed by atoms with van der Waals surface area (Å²) in [5.41, 5.74) is 1.35. The molecule has 0 spiro atoms. The second-order valence-corrected chi connectivity index (χ2v) is 11.2. The Kier molecular flexibility index (Phi) is 8.41. The van der Waals surface area contributed by atoms with Crippen LogP contribution >= 0.6 is 24.0 Å². The van der Waals surface area contributed by atoms with Crippen molar-refractivity contribution in [2.24, 2.45) is 11.8 Å². The van der Waals surface area contributed by atoms with E-state index in [0.717, 1.165) is 50.2 Å². The minimum Gasteiger partial charge on any atom is -0.357 e. The SMILES string of the molecule is CCCCn1c(N2CCC(C)CC2)c(/C=C2/SC(=S)N(CC(C)C)C2=O)c(C)c(C#N)c1=O. The zero-order valence-electron chi connectivity index (χ0n) is 20.3. The van der Waals surface area contributed by atoms with Crippen molar-refractivity contribution >= 4 is 46.1 Å². The minimum absolute atomic E-state index is 0.0962. The molecule has 1 aromatic rings. The molecule has 0 bridgehead atoms. The number of anilines is 1. The Labute approximate surface area is 206 Å². The number of piperidine rings is 1. The van der Waals surface area contributed by atoms with E-state index >= 15 is 0 Å². The van der Waals surface area contributed by atoms with Crippen LogP contribution in [-0.2, 0) is 11.3 Å². The summed E-state index contributed by atoms with van der Waals surface area (Å²) >= 11 is 6.80. The van der Waals surface area contributed by atoms with Crippen LogP contribution in [0.1, 0.15) is 70.1 Å². The Morgan fingerprint density at radius 2 is 1.94 bits per heavy atom. The van der Waals surface area contributed by atoms with E-state index in [4.69, 9.17) is 12.2 Å². The zero-order chi connectivity index (χ0) is 24.3. The van der Waals surface area contributed by atoms with Crippen molar-refractivity contribution in [1.82, 2.24) is 9.47 Å². The first-order valence-electron chi connectivity index (χ1n) is 11.9. The number of carbonyl (C=O) groups is 1. The normalized spacial score (nSPS) is 18.6. The third-order valence-electron chi connectivity index (χ3n) is 6.36. The number of carbonyl (C=O) groups excluding carboxylic acids is 1. The van der Waals surface area contributed by atoms with Gasteiger partial charge in [0.2, 0.25) is 0 Å². The number of aromatic nitrogens is 1. The van der Waals surface area contributed by atoms with E-state index in [2.05, 4.69) is 38.7 Å². The van der Waals surface area contributed by atoms with Gasteiger partial charge < -0.3 is 4.90 Å². The lowest BCUT2D eigenvalue weighted by Gasteiger charge is -2.35. The number of nitriles is 1.